The van der Waals surface area contributed by atoms with Crippen molar-refractivity contribution >= 4 is 27.5 Å². The van der Waals surface area contributed by atoms with Crippen LogP contribution in [0.2, 0.25) is 0 Å². The minimum atomic E-state index is -0.322. The largest absolute Gasteiger partial charge is 0.359 e. The van der Waals surface area contributed by atoms with Gasteiger partial charge in [-0.3, -0.25) is 10.1 Å². The minimum absolute atomic E-state index is 0.322. The first-order valence-electron chi connectivity index (χ1n) is 13.6. The van der Waals surface area contributed by atoms with Gasteiger partial charge in [0, 0.05) is 35.0 Å². The summed E-state index contributed by atoms with van der Waals surface area (Å²) in [6, 6.07) is 24.6. The number of allylic oxidation sites excluding steroid dienone is 5. The molecule has 3 aromatic carbocycles. The van der Waals surface area contributed by atoms with Crippen molar-refractivity contribution in [2.24, 2.45) is 0 Å². The van der Waals surface area contributed by atoms with E-state index in [0.29, 0.717) is 28.3 Å². The van der Waals surface area contributed by atoms with Gasteiger partial charge in [-0.05, 0) is 66.1 Å². The molecule has 3 heterocycles. The molecule has 0 spiro atoms. The maximum Gasteiger partial charge on any atom is 0.159 e. The molecule has 0 aliphatic heterocycles. The number of hydrogen-bond donors (Lipinski definition) is 3. The van der Waals surface area contributed by atoms with Gasteiger partial charge in [-0.25, -0.2) is 9.37 Å². The van der Waals surface area contributed by atoms with Gasteiger partial charge in [0.05, 0.1) is 16.7 Å². The zero-order chi connectivity index (χ0) is 29.1. The van der Waals surface area contributed by atoms with Crippen LogP contribution in [0.5, 0.6) is 0 Å². The molecule has 0 unspecified atom stereocenters. The molecular weight excluding hydrogens is 523 g/mol. The number of nitrogens with one attached hydrogen (secondary N) is 3. The van der Waals surface area contributed by atoms with Crippen molar-refractivity contribution in [1.82, 2.24) is 30.5 Å². The number of pyridine rings is 1. The number of benzene rings is 3. The molecule has 6 nitrogen and oxygen atoms in total. The molecule has 0 aliphatic carbocycles. The van der Waals surface area contributed by atoms with Crippen LogP contribution in [0.3, 0.4) is 0 Å². The Kier molecular flexibility index (Phi) is 7.30. The third kappa shape index (κ3) is 5.40. The van der Waals surface area contributed by atoms with Crippen LogP contribution >= 0.6 is 0 Å². The van der Waals surface area contributed by atoms with E-state index >= 15 is 0 Å². The fourth-order valence-corrected chi connectivity index (χ4v) is 5.01. The highest BCUT2D eigenvalue weighted by molar-refractivity contribution is 5.97. The predicted molar refractivity (Wildman–Crippen MR) is 169 cm³/mol. The molecule has 206 valence electrons. The first kappa shape index (κ1) is 26.7. The second-order valence-electron chi connectivity index (χ2n) is 9.92. The molecule has 0 aliphatic rings. The fourth-order valence-electron chi connectivity index (χ4n) is 5.01. The summed E-state index contributed by atoms with van der Waals surface area (Å²) >= 11 is 0. The molecule has 3 aromatic heterocycles. The van der Waals surface area contributed by atoms with Crippen molar-refractivity contribution in [3.05, 3.63) is 145 Å². The van der Waals surface area contributed by atoms with Crippen molar-refractivity contribution in [2.75, 3.05) is 0 Å². The van der Waals surface area contributed by atoms with Crippen LogP contribution in [0.1, 0.15) is 18.1 Å². The summed E-state index contributed by atoms with van der Waals surface area (Å²) in [7, 11) is 0. The van der Waals surface area contributed by atoms with Gasteiger partial charge in [-0.1, -0.05) is 67.8 Å². The third-order valence-electron chi connectivity index (χ3n) is 7.04. The van der Waals surface area contributed by atoms with Gasteiger partial charge in [0.2, 0.25) is 0 Å². The molecule has 0 bridgehead atoms. The van der Waals surface area contributed by atoms with Crippen LogP contribution in [0.4, 0.5) is 4.39 Å². The van der Waals surface area contributed by atoms with E-state index in [-0.39, 0.29) is 5.82 Å². The Labute approximate surface area is 243 Å². The number of aromatic nitrogens is 5. The number of nitrogens with zero attached hydrogens (tertiary/aromatic N) is 3. The van der Waals surface area contributed by atoms with Crippen molar-refractivity contribution in [2.45, 2.75) is 13.3 Å². The molecule has 0 fully saturated rings. The summed E-state index contributed by atoms with van der Waals surface area (Å²) in [5.41, 5.74) is 9.24. The lowest BCUT2D eigenvalue weighted by molar-refractivity contribution is 0.628. The van der Waals surface area contributed by atoms with E-state index in [9.17, 15) is 4.39 Å². The second kappa shape index (κ2) is 11.5. The highest BCUT2D eigenvalue weighted by Gasteiger charge is 2.17. The molecule has 0 saturated carbocycles. The zero-order valence-electron chi connectivity index (χ0n) is 23.2. The normalized spacial score (nSPS) is 12.1. The fraction of sp³-hybridized carbons (Fsp3) is 0.0571. The summed E-state index contributed by atoms with van der Waals surface area (Å²) in [6.45, 7) is 10.2. The van der Waals surface area contributed by atoms with E-state index in [1.54, 1.807) is 18.3 Å². The summed E-state index contributed by atoms with van der Waals surface area (Å²) < 4.78 is 13.9. The maximum absolute atomic E-state index is 13.9. The molecule has 0 amide bonds. The summed E-state index contributed by atoms with van der Waals surface area (Å²) in [5.74, 6) is 0.277. The van der Waals surface area contributed by atoms with E-state index in [1.165, 1.54) is 17.7 Å². The number of hydrogen-bond acceptors (Lipinski definition) is 4. The lowest BCUT2D eigenvalue weighted by Gasteiger charge is -2.12. The van der Waals surface area contributed by atoms with Crippen molar-refractivity contribution in [3.8, 4) is 22.8 Å². The smallest absolute Gasteiger partial charge is 0.159 e. The van der Waals surface area contributed by atoms with Crippen LogP contribution in [0, 0.1) is 5.82 Å². The Morgan fingerprint density at radius 3 is 2.62 bits per heavy atom. The Bertz CT molecular complexity index is 1990. The molecule has 6 aromatic rings. The molecule has 0 atom stereocenters. The first-order chi connectivity index (χ1) is 20.5. The van der Waals surface area contributed by atoms with Crippen LogP contribution in [0.25, 0.3) is 50.3 Å². The third-order valence-corrected chi connectivity index (χ3v) is 7.04. The van der Waals surface area contributed by atoms with Gasteiger partial charge in [-0.15, -0.1) is 0 Å². The Balaban J connectivity index is 1.32. The second-order valence-corrected chi connectivity index (χ2v) is 9.92. The van der Waals surface area contributed by atoms with Crippen LogP contribution in [0.15, 0.2) is 128 Å². The number of imidazole rings is 1. The minimum Gasteiger partial charge on any atom is -0.359 e. The van der Waals surface area contributed by atoms with Crippen LogP contribution < -0.4 is 5.32 Å². The average molecular weight is 553 g/mol. The van der Waals surface area contributed by atoms with E-state index in [1.807, 2.05) is 43.3 Å². The number of halogens is 1. The monoisotopic (exact) mass is 552 g/mol. The summed E-state index contributed by atoms with van der Waals surface area (Å²) in [4.78, 5) is 12.7. The van der Waals surface area contributed by atoms with Crippen LogP contribution in [-0.4, -0.2) is 25.1 Å². The molecule has 3 N–H and O–H groups in total. The molecule has 7 heteroatoms. The van der Waals surface area contributed by atoms with E-state index in [4.69, 9.17) is 4.98 Å². The van der Waals surface area contributed by atoms with Gasteiger partial charge in [0.25, 0.3) is 0 Å². The first-order valence-corrected chi connectivity index (χ1v) is 13.6. The van der Waals surface area contributed by atoms with Gasteiger partial charge >= 0.3 is 0 Å². The van der Waals surface area contributed by atoms with E-state index < -0.39 is 0 Å². The Hall–Kier alpha value is -5.56. The quantitative estimate of drug-likeness (QED) is 0.158. The highest BCUT2D eigenvalue weighted by Crippen LogP contribution is 2.32. The van der Waals surface area contributed by atoms with Gasteiger partial charge in [0.15, 0.2) is 5.82 Å². The van der Waals surface area contributed by atoms with Gasteiger partial charge < -0.3 is 10.3 Å². The number of fused-ring (bicyclic) bond motifs is 2. The summed E-state index contributed by atoms with van der Waals surface area (Å²) in [6.07, 6.45) is 8.32. The molecule has 0 saturated heterocycles. The topological polar surface area (TPSA) is 82.3 Å². The van der Waals surface area contributed by atoms with Crippen LogP contribution in [-0.2, 0) is 6.42 Å². The molecule has 42 heavy (non-hydrogen) atoms. The average Bonchev–Trinajstić information content (AvgIpc) is 3.63. The highest BCUT2D eigenvalue weighted by atomic mass is 19.1. The van der Waals surface area contributed by atoms with Gasteiger partial charge in [-0.2, -0.15) is 5.10 Å². The molecular formula is C35H29FN6. The number of rotatable bonds is 9. The molecule has 6 rings (SSSR count). The molecule has 0 radical (unpaired) electrons. The lowest BCUT2D eigenvalue weighted by atomic mass is 10.0. The SMILES string of the molecule is C=C/C(=C\C(=C/C)c1ccc2[nH]nc(-c3nc4c(-c5cccc(F)c5)nccc4[nH]3)c2c1)NC(=C)Cc1ccccc1. The number of aromatic amines is 2. The maximum atomic E-state index is 13.9. The van der Waals surface area contributed by atoms with Crippen molar-refractivity contribution < 1.29 is 4.39 Å². The van der Waals surface area contributed by atoms with E-state index in [2.05, 4.69) is 75.1 Å². The van der Waals surface area contributed by atoms with Gasteiger partial charge in [0.1, 0.15) is 17.0 Å². The lowest BCUT2D eigenvalue weighted by Crippen LogP contribution is -2.12. The Morgan fingerprint density at radius 2 is 1.83 bits per heavy atom. The predicted octanol–water partition coefficient (Wildman–Crippen LogP) is 8.13. The Morgan fingerprint density at radius 1 is 0.976 bits per heavy atom. The standard InChI is InChI=1S/C35H29FN6/c1-4-24(20-28(5-2)38-22(3)18-23-10-7-6-8-11-23)25-14-15-30-29(21-25)33(42-41-30)35-39-31-16-17-37-32(34(31)40-35)26-12-9-13-27(36)19-26/h4-17,19-21,38H,2-3,18H2,1H3,(H,39,40)(H,41,42)/b24-4+,28-20+. The van der Waals surface area contributed by atoms with E-state index in [0.717, 1.165) is 45.4 Å². The van der Waals surface area contributed by atoms with Crippen molar-refractivity contribution in [1.29, 1.82) is 0 Å². The zero-order valence-corrected chi connectivity index (χ0v) is 23.2. The summed E-state index contributed by atoms with van der Waals surface area (Å²) in [5, 5.41) is 12.0. The van der Waals surface area contributed by atoms with Crippen molar-refractivity contribution in [3.63, 3.8) is 0 Å². The number of H-pyrrole nitrogens is 2.